The molecule has 0 fully saturated rings. The molecule has 1 aromatic rings. The smallest absolute Gasteiger partial charge is 0.138 e. The molecular formula is C14H20BrNO. The molecule has 0 aromatic heterocycles. The molecule has 17 heavy (non-hydrogen) atoms. The summed E-state index contributed by atoms with van der Waals surface area (Å²) in [5, 5.41) is 3.32. The van der Waals surface area contributed by atoms with Crippen molar-refractivity contribution >= 4 is 15.9 Å². The molecular weight excluding hydrogens is 278 g/mol. The van der Waals surface area contributed by atoms with Crippen molar-refractivity contribution in [2.45, 2.75) is 27.3 Å². The molecule has 0 bridgehead atoms. The molecule has 1 rings (SSSR count). The predicted molar refractivity (Wildman–Crippen MR) is 76.4 cm³/mol. The number of para-hydroxylation sites is 1. The summed E-state index contributed by atoms with van der Waals surface area (Å²) in [6, 6.07) is 6.13. The highest BCUT2D eigenvalue weighted by atomic mass is 79.9. The Labute approximate surface area is 112 Å². The van der Waals surface area contributed by atoms with Crippen LogP contribution in [0.15, 0.2) is 34.3 Å². The summed E-state index contributed by atoms with van der Waals surface area (Å²) in [5.41, 5.74) is 2.45. The molecule has 0 spiro atoms. The van der Waals surface area contributed by atoms with Crippen LogP contribution in [0.2, 0.25) is 0 Å². The summed E-state index contributed by atoms with van der Waals surface area (Å²) in [5.74, 6) is 0.936. The zero-order valence-electron chi connectivity index (χ0n) is 10.7. The third kappa shape index (κ3) is 4.92. The van der Waals surface area contributed by atoms with Crippen LogP contribution in [0.4, 0.5) is 0 Å². The summed E-state index contributed by atoms with van der Waals surface area (Å²) in [4.78, 5) is 0. The lowest BCUT2D eigenvalue weighted by atomic mass is 10.2. The summed E-state index contributed by atoms with van der Waals surface area (Å²) in [6.45, 7) is 8.65. The zero-order valence-corrected chi connectivity index (χ0v) is 12.3. The Kier molecular flexibility index (Phi) is 6.30. The van der Waals surface area contributed by atoms with Crippen molar-refractivity contribution in [3.63, 3.8) is 0 Å². The largest absolute Gasteiger partial charge is 0.488 e. The summed E-state index contributed by atoms with van der Waals surface area (Å²) in [7, 11) is 0. The lowest BCUT2D eigenvalue weighted by Gasteiger charge is -2.12. The maximum Gasteiger partial charge on any atom is 0.138 e. The Morgan fingerprint density at radius 1 is 1.41 bits per heavy atom. The number of rotatable bonds is 6. The van der Waals surface area contributed by atoms with Crippen molar-refractivity contribution in [1.29, 1.82) is 0 Å². The van der Waals surface area contributed by atoms with E-state index in [-0.39, 0.29) is 0 Å². The van der Waals surface area contributed by atoms with E-state index in [9.17, 15) is 0 Å². The van der Waals surface area contributed by atoms with Gasteiger partial charge in [0.25, 0.3) is 0 Å². The maximum absolute atomic E-state index is 5.81. The van der Waals surface area contributed by atoms with Gasteiger partial charge in [0.05, 0.1) is 4.47 Å². The number of hydrogen-bond acceptors (Lipinski definition) is 2. The van der Waals surface area contributed by atoms with Crippen LogP contribution in [0.5, 0.6) is 5.75 Å². The fourth-order valence-electron chi connectivity index (χ4n) is 1.41. The Balaban J connectivity index is 2.76. The molecule has 94 valence electrons. The van der Waals surface area contributed by atoms with E-state index in [1.807, 2.05) is 12.1 Å². The van der Waals surface area contributed by atoms with Crippen LogP contribution >= 0.6 is 15.9 Å². The second-order valence-corrected chi connectivity index (χ2v) is 4.96. The van der Waals surface area contributed by atoms with E-state index in [4.69, 9.17) is 4.74 Å². The van der Waals surface area contributed by atoms with Crippen molar-refractivity contribution in [3.05, 3.63) is 39.9 Å². The third-order valence-corrected chi connectivity index (χ3v) is 2.96. The molecule has 0 unspecified atom stereocenters. The number of ether oxygens (including phenoxy) is 1. The number of halogens is 1. The van der Waals surface area contributed by atoms with Crippen molar-refractivity contribution in [2.75, 3.05) is 13.2 Å². The zero-order chi connectivity index (χ0) is 12.7. The van der Waals surface area contributed by atoms with Gasteiger partial charge in [0.2, 0.25) is 0 Å². The summed E-state index contributed by atoms with van der Waals surface area (Å²) < 4.78 is 6.82. The van der Waals surface area contributed by atoms with Gasteiger partial charge in [-0.25, -0.2) is 0 Å². The first kappa shape index (κ1) is 14.3. The average molecular weight is 298 g/mol. The minimum atomic E-state index is 0.615. The molecule has 0 aliphatic carbocycles. The minimum Gasteiger partial charge on any atom is -0.488 e. The second kappa shape index (κ2) is 7.51. The molecule has 3 heteroatoms. The molecule has 1 aromatic carbocycles. The van der Waals surface area contributed by atoms with E-state index in [0.717, 1.165) is 23.3 Å². The van der Waals surface area contributed by atoms with Gasteiger partial charge in [-0.2, -0.15) is 0 Å². The lowest BCUT2D eigenvalue weighted by Crippen LogP contribution is -2.13. The van der Waals surface area contributed by atoms with Gasteiger partial charge in [-0.05, 0) is 48.5 Å². The topological polar surface area (TPSA) is 21.3 Å². The highest BCUT2D eigenvalue weighted by Crippen LogP contribution is 2.29. The molecule has 0 atom stereocenters. The van der Waals surface area contributed by atoms with Gasteiger partial charge in [0.15, 0.2) is 0 Å². The van der Waals surface area contributed by atoms with Gasteiger partial charge in [-0.3, -0.25) is 0 Å². The monoisotopic (exact) mass is 297 g/mol. The minimum absolute atomic E-state index is 0.615. The van der Waals surface area contributed by atoms with Crippen molar-refractivity contribution in [2.24, 2.45) is 0 Å². The first-order valence-electron chi connectivity index (χ1n) is 5.89. The SMILES string of the molecule is CCNCc1cccc(Br)c1OCC=C(C)C. The van der Waals surface area contributed by atoms with E-state index in [0.29, 0.717) is 6.61 Å². The summed E-state index contributed by atoms with van der Waals surface area (Å²) in [6.07, 6.45) is 2.08. The molecule has 0 radical (unpaired) electrons. The molecule has 0 heterocycles. The summed E-state index contributed by atoms with van der Waals surface area (Å²) >= 11 is 3.53. The third-order valence-electron chi connectivity index (χ3n) is 2.33. The van der Waals surface area contributed by atoms with Crippen LogP contribution in [0.25, 0.3) is 0 Å². The van der Waals surface area contributed by atoms with E-state index >= 15 is 0 Å². The molecule has 0 aliphatic rings. The van der Waals surface area contributed by atoms with Crippen LogP contribution in [0, 0.1) is 0 Å². The first-order valence-corrected chi connectivity index (χ1v) is 6.68. The quantitative estimate of drug-likeness (QED) is 0.804. The van der Waals surface area contributed by atoms with Crippen LogP contribution in [0.3, 0.4) is 0 Å². The molecule has 0 aliphatic heterocycles. The Bertz CT molecular complexity index is 384. The normalized spacial score (nSPS) is 10.1. The van der Waals surface area contributed by atoms with Crippen LogP contribution in [-0.2, 0) is 6.54 Å². The average Bonchev–Trinajstić information content (AvgIpc) is 2.29. The Morgan fingerprint density at radius 2 is 2.18 bits per heavy atom. The fourth-order valence-corrected chi connectivity index (χ4v) is 1.93. The Hall–Kier alpha value is -0.800. The predicted octanol–water partition coefficient (Wildman–Crippen LogP) is 3.90. The lowest BCUT2D eigenvalue weighted by molar-refractivity contribution is 0.354. The van der Waals surface area contributed by atoms with E-state index in [1.54, 1.807) is 0 Å². The van der Waals surface area contributed by atoms with Crippen molar-refractivity contribution < 1.29 is 4.74 Å². The first-order chi connectivity index (χ1) is 8.15. The van der Waals surface area contributed by atoms with E-state index in [2.05, 4.69) is 54.2 Å². The molecule has 0 saturated heterocycles. The van der Waals surface area contributed by atoms with Crippen molar-refractivity contribution in [3.8, 4) is 5.75 Å². The van der Waals surface area contributed by atoms with Gasteiger partial charge in [-0.1, -0.05) is 24.6 Å². The molecule has 1 N–H and O–H groups in total. The van der Waals surface area contributed by atoms with Gasteiger partial charge in [0, 0.05) is 12.1 Å². The van der Waals surface area contributed by atoms with Crippen molar-refractivity contribution in [1.82, 2.24) is 5.32 Å². The number of hydrogen-bond donors (Lipinski definition) is 1. The van der Waals surface area contributed by atoms with Gasteiger partial charge >= 0.3 is 0 Å². The van der Waals surface area contributed by atoms with Gasteiger partial charge < -0.3 is 10.1 Å². The molecule has 0 saturated carbocycles. The maximum atomic E-state index is 5.81. The van der Waals surface area contributed by atoms with Crippen LogP contribution in [0.1, 0.15) is 26.3 Å². The van der Waals surface area contributed by atoms with E-state index in [1.165, 1.54) is 11.1 Å². The number of allylic oxidation sites excluding steroid dienone is 1. The van der Waals surface area contributed by atoms with Gasteiger partial charge in [-0.15, -0.1) is 0 Å². The van der Waals surface area contributed by atoms with E-state index < -0.39 is 0 Å². The van der Waals surface area contributed by atoms with Gasteiger partial charge in [0.1, 0.15) is 12.4 Å². The number of nitrogens with one attached hydrogen (secondary N) is 1. The second-order valence-electron chi connectivity index (χ2n) is 4.10. The molecule has 0 amide bonds. The highest BCUT2D eigenvalue weighted by molar-refractivity contribution is 9.10. The number of benzene rings is 1. The van der Waals surface area contributed by atoms with Crippen LogP contribution in [-0.4, -0.2) is 13.2 Å². The highest BCUT2D eigenvalue weighted by Gasteiger charge is 2.06. The standard InChI is InChI=1S/C14H20BrNO/c1-4-16-10-12-6-5-7-13(15)14(12)17-9-8-11(2)3/h5-8,16H,4,9-10H2,1-3H3. The van der Waals surface area contributed by atoms with Crippen LogP contribution < -0.4 is 10.1 Å². The Morgan fingerprint density at radius 3 is 2.82 bits per heavy atom. The molecule has 2 nitrogen and oxygen atoms in total. The fraction of sp³-hybridized carbons (Fsp3) is 0.429.